The number of methoxy groups -OCH3 is 1. The van der Waals surface area contributed by atoms with Gasteiger partial charge in [-0.2, -0.15) is 0 Å². The predicted molar refractivity (Wildman–Crippen MR) is 58.1 cm³/mol. The molecule has 0 aromatic heterocycles. The predicted octanol–water partition coefficient (Wildman–Crippen LogP) is 0.876. The summed E-state index contributed by atoms with van der Waals surface area (Å²) in [7, 11) is 1.63. The Bertz CT molecular complexity index is 223. The number of halogens is 1. The molecule has 1 saturated heterocycles. The van der Waals surface area contributed by atoms with Gasteiger partial charge in [-0.15, -0.1) is 11.6 Å². The zero-order valence-corrected chi connectivity index (χ0v) is 10.2. The van der Waals surface area contributed by atoms with Crippen LogP contribution in [-0.4, -0.2) is 55.2 Å². The summed E-state index contributed by atoms with van der Waals surface area (Å²) in [5, 5.41) is -0.483. The minimum Gasteiger partial charge on any atom is -0.377 e. The van der Waals surface area contributed by atoms with Gasteiger partial charge in [-0.1, -0.05) is 0 Å². The molecule has 0 aromatic carbocycles. The first-order valence-electron chi connectivity index (χ1n) is 5.17. The molecular weight excluding hydrogens is 218 g/mol. The van der Waals surface area contributed by atoms with Crippen LogP contribution in [0.15, 0.2) is 0 Å². The van der Waals surface area contributed by atoms with E-state index in [9.17, 15) is 4.79 Å². The number of carbonyl (C=O) groups excluding carboxylic acids is 1. The third kappa shape index (κ3) is 3.06. The molecule has 5 heteroatoms. The monoisotopic (exact) mass is 235 g/mol. The van der Waals surface area contributed by atoms with Crippen LogP contribution in [0.1, 0.15) is 13.8 Å². The first kappa shape index (κ1) is 12.7. The first-order valence-corrected chi connectivity index (χ1v) is 5.61. The highest BCUT2D eigenvalue weighted by Crippen LogP contribution is 2.18. The quantitative estimate of drug-likeness (QED) is 0.679. The highest BCUT2D eigenvalue weighted by molar-refractivity contribution is 6.30. The van der Waals surface area contributed by atoms with Crippen LogP contribution in [0.3, 0.4) is 0 Å². The zero-order valence-electron chi connectivity index (χ0n) is 9.40. The molecule has 1 aliphatic heterocycles. The lowest BCUT2D eigenvalue weighted by atomic mass is 10.2. The number of hydrogen-bond acceptors (Lipinski definition) is 3. The number of nitrogens with zero attached hydrogens (tertiary/aromatic N) is 1. The second-order valence-corrected chi connectivity index (χ2v) is 4.28. The van der Waals surface area contributed by atoms with Gasteiger partial charge in [-0.25, -0.2) is 0 Å². The molecule has 0 radical (unpaired) electrons. The molecule has 88 valence electrons. The highest BCUT2D eigenvalue weighted by atomic mass is 35.5. The number of likely N-dealkylation sites (tertiary alicyclic amines) is 1. The molecule has 4 nitrogen and oxygen atoms in total. The Kier molecular flexibility index (Phi) is 4.83. The zero-order chi connectivity index (χ0) is 11.4. The summed E-state index contributed by atoms with van der Waals surface area (Å²) in [5.41, 5.74) is 0. The van der Waals surface area contributed by atoms with Crippen LogP contribution in [0.25, 0.3) is 0 Å². The van der Waals surface area contributed by atoms with Crippen molar-refractivity contribution in [3.8, 4) is 0 Å². The summed E-state index contributed by atoms with van der Waals surface area (Å²) in [6.07, 6.45) is -0.0660. The molecule has 1 heterocycles. The average Bonchev–Trinajstić information content (AvgIpc) is 2.60. The van der Waals surface area contributed by atoms with Crippen molar-refractivity contribution in [3.05, 3.63) is 0 Å². The van der Waals surface area contributed by atoms with Crippen molar-refractivity contribution < 1.29 is 14.3 Å². The van der Waals surface area contributed by atoms with E-state index in [4.69, 9.17) is 21.1 Å². The number of carbonyl (C=O) groups is 1. The van der Waals surface area contributed by atoms with Gasteiger partial charge in [-0.05, 0) is 13.8 Å². The molecular formula is C10H18ClNO3. The Balaban J connectivity index is 2.56. The topological polar surface area (TPSA) is 38.8 Å². The molecule has 3 atom stereocenters. The van der Waals surface area contributed by atoms with Gasteiger partial charge in [0.05, 0.1) is 0 Å². The standard InChI is InChI=1S/C10H18ClNO3/c1-4-15-9-6-12(5-8(9)14-3)10(13)7(2)11/h7-9H,4-6H2,1-3H3/t7-,8-,9+/m0/s1. The minimum absolute atomic E-state index is 0.0284. The van der Waals surface area contributed by atoms with E-state index in [0.717, 1.165) is 0 Å². The van der Waals surface area contributed by atoms with E-state index in [0.29, 0.717) is 19.7 Å². The van der Waals surface area contributed by atoms with Crippen LogP contribution in [-0.2, 0) is 14.3 Å². The summed E-state index contributed by atoms with van der Waals surface area (Å²) in [6.45, 7) is 5.38. The first-order chi connectivity index (χ1) is 7.10. The van der Waals surface area contributed by atoms with Crippen LogP contribution in [0.5, 0.6) is 0 Å². The van der Waals surface area contributed by atoms with Crippen LogP contribution in [0.4, 0.5) is 0 Å². The molecule has 1 aliphatic rings. The molecule has 0 aliphatic carbocycles. The third-order valence-electron chi connectivity index (χ3n) is 2.55. The minimum atomic E-state index is -0.483. The van der Waals surface area contributed by atoms with Crippen molar-refractivity contribution in [2.24, 2.45) is 0 Å². The molecule has 0 saturated carbocycles. The van der Waals surface area contributed by atoms with Gasteiger partial charge in [0.1, 0.15) is 17.6 Å². The van der Waals surface area contributed by atoms with Crippen LogP contribution in [0.2, 0.25) is 0 Å². The molecule has 1 rings (SSSR count). The number of amides is 1. The lowest BCUT2D eigenvalue weighted by Gasteiger charge is -2.16. The Morgan fingerprint density at radius 2 is 2.13 bits per heavy atom. The summed E-state index contributed by atoms with van der Waals surface area (Å²) in [4.78, 5) is 13.3. The summed E-state index contributed by atoms with van der Waals surface area (Å²) >= 11 is 5.75. The normalized spacial score (nSPS) is 28.1. The number of ether oxygens (including phenoxy) is 2. The van der Waals surface area contributed by atoms with E-state index in [1.54, 1.807) is 18.9 Å². The summed E-state index contributed by atoms with van der Waals surface area (Å²) < 4.78 is 10.8. The fourth-order valence-electron chi connectivity index (χ4n) is 1.78. The van der Waals surface area contributed by atoms with E-state index in [1.807, 2.05) is 6.92 Å². The van der Waals surface area contributed by atoms with E-state index >= 15 is 0 Å². The summed E-state index contributed by atoms with van der Waals surface area (Å²) in [5.74, 6) is -0.0547. The van der Waals surface area contributed by atoms with Crippen molar-refractivity contribution >= 4 is 17.5 Å². The second kappa shape index (κ2) is 5.68. The lowest BCUT2D eigenvalue weighted by molar-refractivity contribution is -0.130. The fraction of sp³-hybridized carbons (Fsp3) is 0.900. The molecule has 0 bridgehead atoms. The molecule has 1 fully saturated rings. The van der Waals surface area contributed by atoms with E-state index in [-0.39, 0.29) is 18.1 Å². The molecule has 0 aromatic rings. The SMILES string of the molecule is CCO[C@@H]1CN(C(=O)[C@H](C)Cl)C[C@@H]1OC. The van der Waals surface area contributed by atoms with Crippen molar-refractivity contribution in [1.29, 1.82) is 0 Å². The van der Waals surface area contributed by atoms with Crippen molar-refractivity contribution in [1.82, 2.24) is 4.90 Å². The maximum Gasteiger partial charge on any atom is 0.240 e. The fourth-order valence-corrected chi connectivity index (χ4v) is 1.91. The maximum absolute atomic E-state index is 11.6. The maximum atomic E-state index is 11.6. The van der Waals surface area contributed by atoms with Gasteiger partial charge in [0.2, 0.25) is 5.91 Å². The van der Waals surface area contributed by atoms with Crippen LogP contribution in [0, 0.1) is 0 Å². The average molecular weight is 236 g/mol. The number of rotatable bonds is 4. The summed E-state index contributed by atoms with van der Waals surface area (Å²) in [6, 6.07) is 0. The highest BCUT2D eigenvalue weighted by Gasteiger charge is 2.36. The van der Waals surface area contributed by atoms with Gasteiger partial charge >= 0.3 is 0 Å². The van der Waals surface area contributed by atoms with Gasteiger partial charge in [0, 0.05) is 26.8 Å². The van der Waals surface area contributed by atoms with Gasteiger partial charge < -0.3 is 14.4 Å². The Hall–Kier alpha value is -0.320. The van der Waals surface area contributed by atoms with Crippen molar-refractivity contribution in [2.75, 3.05) is 26.8 Å². The third-order valence-corrected chi connectivity index (χ3v) is 2.74. The van der Waals surface area contributed by atoms with Crippen LogP contribution >= 0.6 is 11.6 Å². The van der Waals surface area contributed by atoms with Crippen LogP contribution < -0.4 is 0 Å². The molecule has 15 heavy (non-hydrogen) atoms. The second-order valence-electron chi connectivity index (χ2n) is 3.63. The van der Waals surface area contributed by atoms with E-state index in [1.165, 1.54) is 0 Å². The van der Waals surface area contributed by atoms with Gasteiger partial charge in [-0.3, -0.25) is 4.79 Å². The van der Waals surface area contributed by atoms with E-state index < -0.39 is 5.38 Å². The lowest BCUT2D eigenvalue weighted by Crippen LogP contribution is -2.34. The molecule has 0 spiro atoms. The van der Waals surface area contributed by atoms with Gasteiger partial charge in [0.15, 0.2) is 0 Å². The van der Waals surface area contributed by atoms with Crippen molar-refractivity contribution in [3.63, 3.8) is 0 Å². The number of alkyl halides is 1. The molecule has 1 amide bonds. The Morgan fingerprint density at radius 3 is 2.60 bits per heavy atom. The molecule has 0 unspecified atom stereocenters. The van der Waals surface area contributed by atoms with Crippen molar-refractivity contribution in [2.45, 2.75) is 31.4 Å². The Morgan fingerprint density at radius 1 is 1.53 bits per heavy atom. The number of hydrogen-bond donors (Lipinski definition) is 0. The van der Waals surface area contributed by atoms with E-state index in [2.05, 4.69) is 0 Å². The smallest absolute Gasteiger partial charge is 0.240 e. The van der Waals surface area contributed by atoms with Gasteiger partial charge in [0.25, 0.3) is 0 Å². The largest absolute Gasteiger partial charge is 0.377 e. The molecule has 0 N–H and O–H groups in total. The Labute approximate surface area is 95.5 Å².